The lowest BCUT2D eigenvalue weighted by Gasteiger charge is -2.30. The van der Waals surface area contributed by atoms with E-state index in [0.717, 1.165) is 44.2 Å². The number of nitrogens with one attached hydrogen (secondary N) is 1. The van der Waals surface area contributed by atoms with Crippen molar-refractivity contribution in [2.75, 3.05) is 6.54 Å². The zero-order valence-electron chi connectivity index (χ0n) is 12.4. The fourth-order valence-electron chi connectivity index (χ4n) is 3.02. The predicted octanol–water partition coefficient (Wildman–Crippen LogP) is 3.08. The van der Waals surface area contributed by atoms with Crippen LogP contribution < -0.4 is 5.32 Å². The fourth-order valence-corrected chi connectivity index (χ4v) is 5.12. The molecule has 0 saturated heterocycles. The molecular weight excluding hydrogens is 270 g/mol. The van der Waals surface area contributed by atoms with Crippen LogP contribution in [0.1, 0.15) is 44.6 Å². The van der Waals surface area contributed by atoms with E-state index < -0.39 is 9.84 Å². The second-order valence-electron chi connectivity index (χ2n) is 5.75. The van der Waals surface area contributed by atoms with Crippen molar-refractivity contribution in [3.05, 3.63) is 29.8 Å². The van der Waals surface area contributed by atoms with Crippen LogP contribution >= 0.6 is 0 Å². The molecule has 1 saturated carbocycles. The highest BCUT2D eigenvalue weighted by Gasteiger charge is 2.33. The molecule has 0 aromatic heterocycles. The summed E-state index contributed by atoms with van der Waals surface area (Å²) >= 11 is 0. The molecule has 112 valence electrons. The number of hydrogen-bond donors (Lipinski definition) is 1. The largest absolute Gasteiger partial charge is 0.314 e. The van der Waals surface area contributed by atoms with Crippen molar-refractivity contribution in [3.63, 3.8) is 0 Å². The number of rotatable bonds is 5. The van der Waals surface area contributed by atoms with E-state index in [-0.39, 0.29) is 5.25 Å². The maximum atomic E-state index is 12.8. The van der Waals surface area contributed by atoms with Crippen molar-refractivity contribution in [1.29, 1.82) is 0 Å². The van der Waals surface area contributed by atoms with Crippen LogP contribution in [0.25, 0.3) is 0 Å². The summed E-state index contributed by atoms with van der Waals surface area (Å²) in [6, 6.07) is 7.68. The molecule has 2 unspecified atom stereocenters. The Balaban J connectivity index is 2.15. The highest BCUT2D eigenvalue weighted by atomic mass is 32.2. The minimum Gasteiger partial charge on any atom is -0.314 e. The van der Waals surface area contributed by atoms with Crippen molar-refractivity contribution < 1.29 is 8.42 Å². The quantitative estimate of drug-likeness (QED) is 0.908. The molecular formula is C16H25NO2S. The molecule has 2 atom stereocenters. The highest BCUT2D eigenvalue weighted by Crippen LogP contribution is 2.30. The second-order valence-corrected chi connectivity index (χ2v) is 7.95. The Bertz CT molecular complexity index is 539. The van der Waals surface area contributed by atoms with E-state index in [2.05, 4.69) is 12.2 Å². The summed E-state index contributed by atoms with van der Waals surface area (Å²) in [5, 5.41) is 3.25. The van der Waals surface area contributed by atoms with Gasteiger partial charge in [0.05, 0.1) is 10.1 Å². The summed E-state index contributed by atoms with van der Waals surface area (Å²) in [4.78, 5) is 0.515. The molecule has 0 bridgehead atoms. The third-order valence-electron chi connectivity index (χ3n) is 4.15. The number of aryl methyl sites for hydroxylation is 1. The van der Waals surface area contributed by atoms with E-state index in [1.54, 1.807) is 6.07 Å². The SMILES string of the molecule is CCCNC1CCCC(S(=O)(=O)c2ccccc2C)C1. The van der Waals surface area contributed by atoms with Gasteiger partial charge in [0.2, 0.25) is 0 Å². The van der Waals surface area contributed by atoms with E-state index in [1.165, 1.54) is 0 Å². The Morgan fingerprint density at radius 2 is 2.00 bits per heavy atom. The molecule has 3 nitrogen and oxygen atoms in total. The van der Waals surface area contributed by atoms with Crippen molar-refractivity contribution in [3.8, 4) is 0 Å². The van der Waals surface area contributed by atoms with Crippen LogP contribution in [0.3, 0.4) is 0 Å². The van der Waals surface area contributed by atoms with Gasteiger partial charge in [0.1, 0.15) is 0 Å². The summed E-state index contributed by atoms with van der Waals surface area (Å²) in [7, 11) is -3.19. The molecule has 1 aliphatic rings. The average Bonchev–Trinajstić information content (AvgIpc) is 2.45. The van der Waals surface area contributed by atoms with E-state index in [4.69, 9.17) is 0 Å². The zero-order chi connectivity index (χ0) is 14.6. The van der Waals surface area contributed by atoms with Gasteiger partial charge in [-0.15, -0.1) is 0 Å². The molecule has 1 aliphatic carbocycles. The van der Waals surface area contributed by atoms with Gasteiger partial charge in [0, 0.05) is 6.04 Å². The van der Waals surface area contributed by atoms with Gasteiger partial charge in [-0.2, -0.15) is 0 Å². The van der Waals surface area contributed by atoms with E-state index >= 15 is 0 Å². The van der Waals surface area contributed by atoms with Gasteiger partial charge >= 0.3 is 0 Å². The second kappa shape index (κ2) is 6.72. The van der Waals surface area contributed by atoms with Gasteiger partial charge in [-0.05, 0) is 50.8 Å². The monoisotopic (exact) mass is 295 g/mol. The van der Waals surface area contributed by atoms with E-state index in [9.17, 15) is 8.42 Å². The molecule has 0 spiro atoms. The van der Waals surface area contributed by atoms with Crippen molar-refractivity contribution in [1.82, 2.24) is 5.32 Å². The molecule has 0 aliphatic heterocycles. The van der Waals surface area contributed by atoms with E-state index in [0.29, 0.717) is 10.9 Å². The molecule has 2 rings (SSSR count). The van der Waals surface area contributed by atoms with Crippen LogP contribution in [0, 0.1) is 6.92 Å². The summed E-state index contributed by atoms with van der Waals surface area (Å²) in [5.41, 5.74) is 0.858. The fraction of sp³-hybridized carbons (Fsp3) is 0.625. The first kappa shape index (κ1) is 15.5. The smallest absolute Gasteiger partial charge is 0.181 e. The summed E-state index contributed by atoms with van der Waals surface area (Å²) in [6.45, 7) is 4.99. The van der Waals surface area contributed by atoms with Gasteiger partial charge < -0.3 is 5.32 Å². The summed E-state index contributed by atoms with van der Waals surface area (Å²) in [6.07, 6.45) is 4.72. The minimum absolute atomic E-state index is 0.230. The third-order valence-corrected chi connectivity index (χ3v) is 6.52. The molecule has 1 aromatic rings. The van der Waals surface area contributed by atoms with Crippen LogP contribution in [-0.2, 0) is 9.84 Å². The number of benzene rings is 1. The first-order valence-corrected chi connectivity index (χ1v) is 9.13. The molecule has 1 N–H and O–H groups in total. The van der Waals surface area contributed by atoms with Crippen LogP contribution in [0.4, 0.5) is 0 Å². The molecule has 0 amide bonds. The Hall–Kier alpha value is -0.870. The average molecular weight is 295 g/mol. The van der Waals surface area contributed by atoms with Crippen LogP contribution in [0.2, 0.25) is 0 Å². The maximum absolute atomic E-state index is 12.8. The first-order chi connectivity index (χ1) is 9.55. The Kier molecular flexibility index (Phi) is 5.22. The molecule has 0 radical (unpaired) electrons. The van der Waals surface area contributed by atoms with Gasteiger partial charge in [-0.1, -0.05) is 31.5 Å². The summed E-state index contributed by atoms with van der Waals surface area (Å²) in [5.74, 6) is 0. The van der Waals surface area contributed by atoms with Crippen molar-refractivity contribution in [2.24, 2.45) is 0 Å². The zero-order valence-corrected chi connectivity index (χ0v) is 13.2. The lowest BCUT2D eigenvalue weighted by Crippen LogP contribution is -2.39. The first-order valence-electron chi connectivity index (χ1n) is 7.58. The maximum Gasteiger partial charge on any atom is 0.181 e. The highest BCUT2D eigenvalue weighted by molar-refractivity contribution is 7.92. The minimum atomic E-state index is -3.19. The molecule has 20 heavy (non-hydrogen) atoms. The summed E-state index contributed by atoms with van der Waals surface area (Å²) < 4.78 is 25.6. The van der Waals surface area contributed by atoms with Crippen LogP contribution in [-0.4, -0.2) is 26.3 Å². The Morgan fingerprint density at radius 1 is 1.25 bits per heavy atom. The molecule has 1 fully saturated rings. The van der Waals surface area contributed by atoms with Gasteiger partial charge in [0.25, 0.3) is 0 Å². The van der Waals surface area contributed by atoms with Crippen molar-refractivity contribution in [2.45, 2.75) is 62.1 Å². The molecule has 4 heteroatoms. The Labute approximate surface area is 122 Å². The lowest BCUT2D eigenvalue weighted by molar-refractivity contribution is 0.372. The Morgan fingerprint density at radius 3 is 2.70 bits per heavy atom. The van der Waals surface area contributed by atoms with Crippen LogP contribution in [0.5, 0.6) is 0 Å². The number of sulfone groups is 1. The van der Waals surface area contributed by atoms with Crippen LogP contribution in [0.15, 0.2) is 29.2 Å². The van der Waals surface area contributed by atoms with E-state index in [1.807, 2.05) is 25.1 Å². The molecule has 0 heterocycles. The number of hydrogen-bond acceptors (Lipinski definition) is 3. The topological polar surface area (TPSA) is 46.2 Å². The lowest BCUT2D eigenvalue weighted by atomic mass is 9.95. The standard InChI is InChI=1S/C16H25NO2S/c1-3-11-17-14-8-6-9-15(12-14)20(18,19)16-10-5-4-7-13(16)2/h4-5,7,10,14-15,17H,3,6,8-9,11-12H2,1-2H3. The predicted molar refractivity (Wildman–Crippen MR) is 82.7 cm³/mol. The normalized spacial score (nSPS) is 23.7. The van der Waals surface area contributed by atoms with Crippen molar-refractivity contribution >= 4 is 9.84 Å². The molecule has 1 aromatic carbocycles. The van der Waals surface area contributed by atoms with Gasteiger partial charge in [-0.3, -0.25) is 0 Å². The third kappa shape index (κ3) is 3.41. The van der Waals surface area contributed by atoms with Gasteiger partial charge in [-0.25, -0.2) is 8.42 Å². The van der Waals surface area contributed by atoms with Gasteiger partial charge in [0.15, 0.2) is 9.84 Å².